The van der Waals surface area contributed by atoms with Crippen molar-refractivity contribution in [2.24, 2.45) is 5.10 Å². The van der Waals surface area contributed by atoms with Gasteiger partial charge in [0.2, 0.25) is 0 Å². The van der Waals surface area contributed by atoms with E-state index < -0.39 is 11.9 Å². The number of carbonyl (C=O) groups excluding carboxylic acids is 2. The summed E-state index contributed by atoms with van der Waals surface area (Å²) in [5, 5.41) is 6.43. The molecule has 0 fully saturated rings. The maximum absolute atomic E-state index is 12.4. The van der Waals surface area contributed by atoms with E-state index >= 15 is 0 Å². The van der Waals surface area contributed by atoms with Crippen LogP contribution < -0.4 is 14.9 Å². The Morgan fingerprint density at radius 1 is 0.848 bits per heavy atom. The molecule has 0 spiro atoms. The Kier molecular flexibility index (Phi) is 6.97. The number of carbonyl (C=O) groups is 2. The monoisotopic (exact) mass is 458 g/mol. The number of amides is 1. The SMILES string of the molecule is O=C(COc1cccc2ccccc12)N/N=C/c1ccccc1OC(=O)c1ccc(Cl)cc1. The summed E-state index contributed by atoms with van der Waals surface area (Å²) in [6.07, 6.45) is 1.40. The average Bonchev–Trinajstić information content (AvgIpc) is 2.84. The lowest BCUT2D eigenvalue weighted by molar-refractivity contribution is -0.123. The van der Waals surface area contributed by atoms with Crippen molar-refractivity contribution in [1.29, 1.82) is 0 Å². The molecule has 164 valence electrons. The fourth-order valence-electron chi connectivity index (χ4n) is 3.10. The zero-order valence-corrected chi connectivity index (χ0v) is 18.2. The number of fused-ring (bicyclic) bond motifs is 1. The molecule has 1 amide bonds. The van der Waals surface area contributed by atoms with Crippen LogP contribution >= 0.6 is 11.6 Å². The highest BCUT2D eigenvalue weighted by Gasteiger charge is 2.11. The van der Waals surface area contributed by atoms with Crippen LogP contribution in [0.3, 0.4) is 0 Å². The predicted octanol–water partition coefficient (Wildman–Crippen LogP) is 5.24. The molecular weight excluding hydrogens is 440 g/mol. The van der Waals surface area contributed by atoms with E-state index in [9.17, 15) is 9.59 Å². The molecule has 0 aromatic heterocycles. The highest BCUT2D eigenvalue weighted by molar-refractivity contribution is 6.30. The molecule has 1 N–H and O–H groups in total. The number of nitrogens with zero attached hydrogens (tertiary/aromatic N) is 1. The third kappa shape index (κ3) is 5.75. The molecule has 0 aliphatic carbocycles. The zero-order valence-electron chi connectivity index (χ0n) is 17.4. The third-order valence-corrected chi connectivity index (χ3v) is 4.95. The van der Waals surface area contributed by atoms with Gasteiger partial charge in [0.05, 0.1) is 11.8 Å². The van der Waals surface area contributed by atoms with Crippen LogP contribution in [0, 0.1) is 0 Å². The summed E-state index contributed by atoms with van der Waals surface area (Å²) in [4.78, 5) is 24.5. The van der Waals surface area contributed by atoms with E-state index in [2.05, 4.69) is 10.5 Å². The zero-order chi connectivity index (χ0) is 23.0. The summed E-state index contributed by atoms with van der Waals surface area (Å²) < 4.78 is 11.1. The second-order valence-corrected chi connectivity index (χ2v) is 7.43. The summed E-state index contributed by atoms with van der Waals surface area (Å²) in [6.45, 7) is -0.196. The van der Waals surface area contributed by atoms with Crippen LogP contribution in [0.25, 0.3) is 10.8 Å². The number of hydrazone groups is 1. The number of hydrogen-bond donors (Lipinski definition) is 1. The van der Waals surface area contributed by atoms with Crippen LogP contribution in [-0.4, -0.2) is 24.7 Å². The van der Waals surface area contributed by atoms with Gasteiger partial charge in [-0.15, -0.1) is 0 Å². The van der Waals surface area contributed by atoms with Gasteiger partial charge in [-0.25, -0.2) is 10.2 Å². The largest absolute Gasteiger partial charge is 0.483 e. The number of rotatable bonds is 7. The van der Waals surface area contributed by atoms with Gasteiger partial charge in [0, 0.05) is 16.0 Å². The molecule has 0 aliphatic rings. The Labute approximate surface area is 195 Å². The average molecular weight is 459 g/mol. The van der Waals surface area contributed by atoms with Gasteiger partial charge in [-0.1, -0.05) is 60.1 Å². The number of esters is 1. The lowest BCUT2D eigenvalue weighted by atomic mass is 10.1. The van der Waals surface area contributed by atoms with Crippen LogP contribution in [0.5, 0.6) is 11.5 Å². The number of para-hydroxylation sites is 1. The Balaban J connectivity index is 1.36. The second kappa shape index (κ2) is 10.4. The van der Waals surface area contributed by atoms with Crippen LogP contribution in [0.2, 0.25) is 5.02 Å². The van der Waals surface area contributed by atoms with E-state index in [0.717, 1.165) is 10.8 Å². The van der Waals surface area contributed by atoms with E-state index in [1.165, 1.54) is 6.21 Å². The molecule has 0 heterocycles. The second-order valence-electron chi connectivity index (χ2n) is 6.99. The van der Waals surface area contributed by atoms with Crippen molar-refractivity contribution in [1.82, 2.24) is 5.43 Å². The minimum atomic E-state index is -0.528. The molecule has 7 heteroatoms. The molecular formula is C26H19ClN2O4. The first-order chi connectivity index (χ1) is 16.1. The fourth-order valence-corrected chi connectivity index (χ4v) is 3.22. The first-order valence-electron chi connectivity index (χ1n) is 10.1. The number of hydrogen-bond acceptors (Lipinski definition) is 5. The predicted molar refractivity (Wildman–Crippen MR) is 128 cm³/mol. The summed E-state index contributed by atoms with van der Waals surface area (Å²) in [6, 6.07) is 26.7. The van der Waals surface area contributed by atoms with Crippen LogP contribution in [0.15, 0.2) is 96.1 Å². The smallest absolute Gasteiger partial charge is 0.343 e. The van der Waals surface area contributed by atoms with Gasteiger partial charge in [0.15, 0.2) is 6.61 Å². The van der Waals surface area contributed by atoms with Crippen molar-refractivity contribution < 1.29 is 19.1 Å². The summed E-state index contributed by atoms with van der Waals surface area (Å²) in [5.41, 5.74) is 3.31. The fraction of sp³-hybridized carbons (Fsp3) is 0.0385. The topological polar surface area (TPSA) is 77.0 Å². The number of halogens is 1. The lowest BCUT2D eigenvalue weighted by Crippen LogP contribution is -2.24. The molecule has 4 rings (SSSR count). The Hall–Kier alpha value is -4.16. The lowest BCUT2D eigenvalue weighted by Gasteiger charge is -2.09. The number of benzene rings is 4. The molecule has 0 atom stereocenters. The van der Waals surface area contributed by atoms with Crippen molar-refractivity contribution in [2.45, 2.75) is 0 Å². The van der Waals surface area contributed by atoms with E-state index in [1.54, 1.807) is 48.5 Å². The minimum Gasteiger partial charge on any atom is -0.483 e. The highest BCUT2D eigenvalue weighted by Crippen LogP contribution is 2.25. The van der Waals surface area contributed by atoms with Crippen LogP contribution in [0.1, 0.15) is 15.9 Å². The highest BCUT2D eigenvalue weighted by atomic mass is 35.5. The van der Waals surface area contributed by atoms with Gasteiger partial charge in [-0.3, -0.25) is 4.79 Å². The summed E-state index contributed by atoms with van der Waals surface area (Å²) in [7, 11) is 0. The van der Waals surface area contributed by atoms with E-state index in [1.807, 2.05) is 42.5 Å². The molecule has 0 unspecified atom stereocenters. The van der Waals surface area contributed by atoms with Gasteiger partial charge < -0.3 is 9.47 Å². The van der Waals surface area contributed by atoms with Crippen molar-refractivity contribution in [3.63, 3.8) is 0 Å². The van der Waals surface area contributed by atoms with E-state index in [4.69, 9.17) is 21.1 Å². The molecule has 4 aromatic carbocycles. The van der Waals surface area contributed by atoms with Gasteiger partial charge in [0.25, 0.3) is 5.91 Å². The third-order valence-electron chi connectivity index (χ3n) is 4.70. The number of nitrogens with one attached hydrogen (secondary N) is 1. The summed E-state index contributed by atoms with van der Waals surface area (Å²) in [5.74, 6) is -0.0241. The molecule has 0 saturated carbocycles. The Morgan fingerprint density at radius 2 is 1.55 bits per heavy atom. The van der Waals surface area contributed by atoms with Gasteiger partial charge in [0.1, 0.15) is 11.5 Å². The molecule has 0 saturated heterocycles. The molecule has 6 nitrogen and oxygen atoms in total. The van der Waals surface area contributed by atoms with E-state index in [-0.39, 0.29) is 6.61 Å². The molecule has 4 aromatic rings. The number of ether oxygens (including phenoxy) is 2. The Morgan fingerprint density at radius 3 is 2.39 bits per heavy atom. The van der Waals surface area contributed by atoms with E-state index in [0.29, 0.717) is 27.6 Å². The van der Waals surface area contributed by atoms with Crippen molar-refractivity contribution >= 4 is 40.5 Å². The molecule has 0 radical (unpaired) electrons. The minimum absolute atomic E-state index is 0.196. The van der Waals surface area contributed by atoms with Crippen molar-refractivity contribution in [3.8, 4) is 11.5 Å². The molecule has 0 aliphatic heterocycles. The quantitative estimate of drug-likeness (QED) is 0.178. The summed E-state index contributed by atoms with van der Waals surface area (Å²) >= 11 is 5.85. The first kappa shape index (κ1) is 22.0. The molecule has 33 heavy (non-hydrogen) atoms. The maximum atomic E-state index is 12.4. The van der Waals surface area contributed by atoms with Gasteiger partial charge in [-0.05, 0) is 47.9 Å². The van der Waals surface area contributed by atoms with Crippen molar-refractivity contribution in [2.75, 3.05) is 6.61 Å². The van der Waals surface area contributed by atoms with Crippen LogP contribution in [-0.2, 0) is 4.79 Å². The van der Waals surface area contributed by atoms with Crippen molar-refractivity contribution in [3.05, 3.63) is 107 Å². The van der Waals surface area contributed by atoms with Gasteiger partial charge in [-0.2, -0.15) is 5.10 Å². The maximum Gasteiger partial charge on any atom is 0.343 e. The van der Waals surface area contributed by atoms with Crippen LogP contribution in [0.4, 0.5) is 0 Å². The standard InChI is InChI=1S/C26H19ClN2O4/c27-21-14-12-19(13-15-21)26(31)33-23-10-4-2-7-20(23)16-28-29-25(30)17-32-24-11-5-8-18-6-1-3-9-22(18)24/h1-16H,17H2,(H,29,30)/b28-16+. The Bertz CT molecular complexity index is 1310. The normalized spacial score (nSPS) is 10.8. The molecule has 0 bridgehead atoms. The first-order valence-corrected chi connectivity index (χ1v) is 10.5. The van der Waals surface area contributed by atoms with Gasteiger partial charge >= 0.3 is 5.97 Å².